The second kappa shape index (κ2) is 6.86. The summed E-state index contributed by atoms with van der Waals surface area (Å²) in [5, 5.41) is 2.96. The lowest BCUT2D eigenvalue weighted by molar-refractivity contribution is -0.126. The van der Waals surface area contributed by atoms with Gasteiger partial charge >= 0.3 is 0 Å². The van der Waals surface area contributed by atoms with Crippen LogP contribution in [0.25, 0.3) is 0 Å². The van der Waals surface area contributed by atoms with Crippen LogP contribution in [0.1, 0.15) is 34.1 Å². The Balaban J connectivity index is 4.22. The molecule has 2 unspecified atom stereocenters. The standard InChI is InChI=1S/C12H26N2O2/c1-9(8-16-5)6-10(7-13)11(15)14-12(2,3)4/h9-10H,6-8,13H2,1-5H3,(H,14,15). The van der Waals surface area contributed by atoms with Crippen molar-refractivity contribution in [3.63, 3.8) is 0 Å². The lowest BCUT2D eigenvalue weighted by Crippen LogP contribution is -2.46. The molecule has 0 aromatic rings. The molecule has 1 amide bonds. The number of hydrogen-bond donors (Lipinski definition) is 2. The predicted molar refractivity (Wildman–Crippen MR) is 66.1 cm³/mol. The Labute approximate surface area is 98.9 Å². The molecule has 0 bridgehead atoms. The Morgan fingerprint density at radius 3 is 2.38 bits per heavy atom. The van der Waals surface area contributed by atoms with Crippen molar-refractivity contribution in [3.05, 3.63) is 0 Å². The van der Waals surface area contributed by atoms with Gasteiger partial charge in [-0.05, 0) is 33.1 Å². The molecule has 2 atom stereocenters. The van der Waals surface area contributed by atoms with Gasteiger partial charge in [-0.2, -0.15) is 0 Å². The number of carbonyl (C=O) groups excluding carboxylic acids is 1. The van der Waals surface area contributed by atoms with Crippen molar-refractivity contribution in [1.29, 1.82) is 0 Å². The molecule has 0 saturated carbocycles. The minimum Gasteiger partial charge on any atom is -0.384 e. The number of carbonyl (C=O) groups is 1. The largest absolute Gasteiger partial charge is 0.384 e. The van der Waals surface area contributed by atoms with Gasteiger partial charge < -0.3 is 15.8 Å². The zero-order chi connectivity index (χ0) is 12.8. The van der Waals surface area contributed by atoms with Gasteiger partial charge in [0.15, 0.2) is 0 Å². The van der Waals surface area contributed by atoms with Crippen molar-refractivity contribution in [3.8, 4) is 0 Å². The van der Waals surface area contributed by atoms with E-state index in [1.807, 2.05) is 20.8 Å². The molecular weight excluding hydrogens is 204 g/mol. The molecule has 0 aromatic heterocycles. The molecule has 0 fully saturated rings. The van der Waals surface area contributed by atoms with E-state index in [0.717, 1.165) is 6.42 Å². The molecule has 0 rings (SSSR count). The summed E-state index contributed by atoms with van der Waals surface area (Å²) in [6.07, 6.45) is 0.770. The van der Waals surface area contributed by atoms with Crippen LogP contribution in [-0.2, 0) is 9.53 Å². The van der Waals surface area contributed by atoms with Crippen molar-refractivity contribution in [2.45, 2.75) is 39.7 Å². The van der Waals surface area contributed by atoms with E-state index in [2.05, 4.69) is 12.2 Å². The van der Waals surface area contributed by atoms with Crippen LogP contribution < -0.4 is 11.1 Å². The summed E-state index contributed by atoms with van der Waals surface area (Å²) in [5.41, 5.74) is 5.44. The molecule has 0 aromatic carbocycles. The van der Waals surface area contributed by atoms with E-state index in [0.29, 0.717) is 19.1 Å². The maximum Gasteiger partial charge on any atom is 0.224 e. The fourth-order valence-electron chi connectivity index (χ4n) is 1.62. The van der Waals surface area contributed by atoms with Gasteiger partial charge in [-0.25, -0.2) is 0 Å². The van der Waals surface area contributed by atoms with Crippen molar-refractivity contribution in [1.82, 2.24) is 5.32 Å². The Morgan fingerprint density at radius 1 is 1.44 bits per heavy atom. The highest BCUT2D eigenvalue weighted by atomic mass is 16.5. The molecule has 0 radical (unpaired) electrons. The molecule has 96 valence electrons. The molecule has 0 heterocycles. The van der Waals surface area contributed by atoms with Gasteiger partial charge in [0.1, 0.15) is 0 Å². The average molecular weight is 230 g/mol. The van der Waals surface area contributed by atoms with E-state index in [-0.39, 0.29) is 17.4 Å². The fraction of sp³-hybridized carbons (Fsp3) is 0.917. The number of amides is 1. The lowest BCUT2D eigenvalue weighted by Gasteiger charge is -2.25. The smallest absolute Gasteiger partial charge is 0.224 e. The third-order valence-corrected chi connectivity index (χ3v) is 2.29. The second-order valence-electron chi connectivity index (χ2n) is 5.47. The summed E-state index contributed by atoms with van der Waals surface area (Å²) < 4.78 is 5.06. The fourth-order valence-corrected chi connectivity index (χ4v) is 1.62. The van der Waals surface area contributed by atoms with Crippen molar-refractivity contribution in [2.24, 2.45) is 17.6 Å². The quantitative estimate of drug-likeness (QED) is 0.719. The van der Waals surface area contributed by atoms with E-state index in [4.69, 9.17) is 10.5 Å². The van der Waals surface area contributed by atoms with E-state index < -0.39 is 0 Å². The monoisotopic (exact) mass is 230 g/mol. The van der Waals surface area contributed by atoms with Gasteiger partial charge in [-0.15, -0.1) is 0 Å². The average Bonchev–Trinajstić information content (AvgIpc) is 2.11. The molecule has 0 spiro atoms. The number of ether oxygens (including phenoxy) is 1. The predicted octanol–water partition coefficient (Wildman–Crippen LogP) is 1.15. The summed E-state index contributed by atoms with van der Waals surface area (Å²) in [5.74, 6) is 0.270. The molecular formula is C12H26N2O2. The van der Waals surface area contributed by atoms with Gasteiger partial charge in [0, 0.05) is 25.8 Å². The van der Waals surface area contributed by atoms with Crippen molar-refractivity contribution >= 4 is 5.91 Å². The number of nitrogens with one attached hydrogen (secondary N) is 1. The molecule has 3 N–H and O–H groups in total. The van der Waals surface area contributed by atoms with Gasteiger partial charge in [0.25, 0.3) is 0 Å². The Hall–Kier alpha value is -0.610. The summed E-state index contributed by atoms with van der Waals surface area (Å²) in [6, 6.07) is 0. The Kier molecular flexibility index (Phi) is 6.60. The summed E-state index contributed by atoms with van der Waals surface area (Å²) >= 11 is 0. The zero-order valence-corrected chi connectivity index (χ0v) is 11.2. The van der Waals surface area contributed by atoms with Crippen LogP contribution in [0, 0.1) is 11.8 Å². The summed E-state index contributed by atoms with van der Waals surface area (Å²) in [4.78, 5) is 11.9. The maximum atomic E-state index is 11.9. The van der Waals surface area contributed by atoms with Gasteiger partial charge in [-0.3, -0.25) is 4.79 Å². The SMILES string of the molecule is COCC(C)CC(CN)C(=O)NC(C)(C)C. The first kappa shape index (κ1) is 15.4. The summed E-state index contributed by atoms with van der Waals surface area (Å²) in [6.45, 7) is 9.02. The molecule has 0 aliphatic carbocycles. The van der Waals surface area contributed by atoms with Gasteiger partial charge in [0.2, 0.25) is 5.91 Å². The number of methoxy groups -OCH3 is 1. The summed E-state index contributed by atoms with van der Waals surface area (Å²) in [7, 11) is 1.67. The van der Waals surface area contributed by atoms with Gasteiger partial charge in [0.05, 0.1) is 5.92 Å². The van der Waals surface area contributed by atoms with E-state index in [1.54, 1.807) is 7.11 Å². The van der Waals surface area contributed by atoms with E-state index >= 15 is 0 Å². The molecule has 0 aliphatic heterocycles. The third-order valence-electron chi connectivity index (χ3n) is 2.29. The Bertz CT molecular complexity index is 212. The first-order valence-corrected chi connectivity index (χ1v) is 5.81. The zero-order valence-electron chi connectivity index (χ0n) is 11.2. The maximum absolute atomic E-state index is 11.9. The first-order valence-electron chi connectivity index (χ1n) is 5.81. The van der Waals surface area contributed by atoms with Crippen LogP contribution in [0.4, 0.5) is 0 Å². The van der Waals surface area contributed by atoms with Crippen LogP contribution in [0.2, 0.25) is 0 Å². The topological polar surface area (TPSA) is 64.3 Å². The third kappa shape index (κ3) is 6.80. The highest BCUT2D eigenvalue weighted by Crippen LogP contribution is 2.13. The molecule has 4 heteroatoms. The highest BCUT2D eigenvalue weighted by molar-refractivity contribution is 5.79. The Morgan fingerprint density at radius 2 is 2.00 bits per heavy atom. The normalized spacial score (nSPS) is 15.6. The lowest BCUT2D eigenvalue weighted by atomic mass is 9.94. The highest BCUT2D eigenvalue weighted by Gasteiger charge is 2.23. The number of rotatable bonds is 6. The van der Waals surface area contributed by atoms with Crippen molar-refractivity contribution in [2.75, 3.05) is 20.3 Å². The minimum absolute atomic E-state index is 0.0398. The van der Waals surface area contributed by atoms with Crippen molar-refractivity contribution < 1.29 is 9.53 Å². The second-order valence-corrected chi connectivity index (χ2v) is 5.47. The molecule has 0 aliphatic rings. The van der Waals surface area contributed by atoms with E-state index in [9.17, 15) is 4.79 Å². The van der Waals surface area contributed by atoms with Crippen LogP contribution in [0.15, 0.2) is 0 Å². The van der Waals surface area contributed by atoms with Gasteiger partial charge in [-0.1, -0.05) is 6.92 Å². The van der Waals surface area contributed by atoms with Crippen LogP contribution in [0.5, 0.6) is 0 Å². The number of nitrogens with two attached hydrogens (primary N) is 1. The molecule has 16 heavy (non-hydrogen) atoms. The van der Waals surface area contributed by atoms with E-state index in [1.165, 1.54) is 0 Å². The van der Waals surface area contributed by atoms with Crippen LogP contribution >= 0.6 is 0 Å². The molecule has 4 nitrogen and oxygen atoms in total. The van der Waals surface area contributed by atoms with Crippen LogP contribution in [-0.4, -0.2) is 31.7 Å². The first-order chi connectivity index (χ1) is 7.30. The number of hydrogen-bond acceptors (Lipinski definition) is 3. The van der Waals surface area contributed by atoms with Crippen LogP contribution in [0.3, 0.4) is 0 Å². The molecule has 0 saturated heterocycles. The minimum atomic E-state index is -0.199.